The Hall–Kier alpha value is -1.63. The summed E-state index contributed by atoms with van der Waals surface area (Å²) in [6, 6.07) is 8.28. The number of rotatable bonds is 7. The van der Waals surface area contributed by atoms with Crippen LogP contribution in [-0.2, 0) is 9.53 Å². The van der Waals surface area contributed by atoms with Crippen LogP contribution in [0.25, 0.3) is 0 Å². The fourth-order valence-corrected chi connectivity index (χ4v) is 3.74. The lowest BCUT2D eigenvalue weighted by Gasteiger charge is -2.29. The second kappa shape index (κ2) is 8.65. The van der Waals surface area contributed by atoms with E-state index < -0.39 is 0 Å². The van der Waals surface area contributed by atoms with Crippen LogP contribution in [0.1, 0.15) is 37.3 Å². The van der Waals surface area contributed by atoms with Crippen molar-refractivity contribution in [2.24, 2.45) is 5.73 Å². The Bertz CT molecular complexity index is 575. The van der Waals surface area contributed by atoms with Gasteiger partial charge in [0.05, 0.1) is 19.3 Å². The molecule has 3 N–H and O–H groups in total. The molecule has 2 heterocycles. The first-order valence-electron chi connectivity index (χ1n) is 9.22. The minimum atomic E-state index is -0.363. The summed E-state index contributed by atoms with van der Waals surface area (Å²) in [4.78, 5) is 14.9. The van der Waals surface area contributed by atoms with E-state index in [2.05, 4.69) is 22.3 Å². The van der Waals surface area contributed by atoms with Gasteiger partial charge in [-0.05, 0) is 56.5 Å². The van der Waals surface area contributed by atoms with Gasteiger partial charge in [0.2, 0.25) is 5.91 Å². The maximum absolute atomic E-state index is 12.5. The smallest absolute Gasteiger partial charge is 0.249 e. The molecular formula is C19H29N3O3. The molecule has 25 heavy (non-hydrogen) atoms. The van der Waals surface area contributed by atoms with Crippen LogP contribution >= 0.6 is 0 Å². The average molecular weight is 347 g/mol. The van der Waals surface area contributed by atoms with Crippen molar-refractivity contribution in [3.8, 4) is 5.75 Å². The Balaban J connectivity index is 1.64. The predicted molar refractivity (Wildman–Crippen MR) is 96.5 cm³/mol. The zero-order valence-electron chi connectivity index (χ0n) is 14.9. The molecule has 1 amide bonds. The molecule has 3 atom stereocenters. The van der Waals surface area contributed by atoms with E-state index in [0.717, 1.165) is 31.7 Å². The SMILES string of the molecule is COc1cccc(C(CNC(=O)[C@@H]2CC[C@H](CN)O2)N2CCCC2)c1. The van der Waals surface area contributed by atoms with Gasteiger partial charge in [0.1, 0.15) is 11.9 Å². The number of nitrogens with two attached hydrogens (primary N) is 1. The molecule has 138 valence electrons. The Morgan fingerprint density at radius 3 is 2.88 bits per heavy atom. The number of methoxy groups -OCH3 is 1. The van der Waals surface area contributed by atoms with Crippen molar-refractivity contribution in [3.63, 3.8) is 0 Å². The largest absolute Gasteiger partial charge is 0.497 e. The maximum Gasteiger partial charge on any atom is 0.249 e. The third kappa shape index (κ3) is 4.51. The van der Waals surface area contributed by atoms with Gasteiger partial charge in [-0.25, -0.2) is 0 Å². The number of nitrogens with one attached hydrogen (secondary N) is 1. The van der Waals surface area contributed by atoms with Gasteiger partial charge >= 0.3 is 0 Å². The highest BCUT2D eigenvalue weighted by Gasteiger charge is 2.31. The fraction of sp³-hybridized carbons (Fsp3) is 0.632. The van der Waals surface area contributed by atoms with Crippen molar-refractivity contribution in [2.75, 3.05) is 33.3 Å². The van der Waals surface area contributed by atoms with Crippen LogP contribution in [0.2, 0.25) is 0 Å². The maximum atomic E-state index is 12.5. The van der Waals surface area contributed by atoms with E-state index >= 15 is 0 Å². The summed E-state index contributed by atoms with van der Waals surface area (Å²) in [5, 5.41) is 3.09. The lowest BCUT2D eigenvalue weighted by atomic mass is 10.0. The highest BCUT2D eigenvalue weighted by molar-refractivity contribution is 5.81. The van der Waals surface area contributed by atoms with Crippen molar-refractivity contribution in [2.45, 2.75) is 43.9 Å². The minimum absolute atomic E-state index is 0.0171. The van der Waals surface area contributed by atoms with Gasteiger partial charge in [-0.2, -0.15) is 0 Å². The Morgan fingerprint density at radius 1 is 1.40 bits per heavy atom. The number of hydrogen-bond acceptors (Lipinski definition) is 5. The van der Waals surface area contributed by atoms with E-state index in [0.29, 0.717) is 13.1 Å². The standard InChI is InChI=1S/C19H29N3O3/c1-24-15-6-4-5-14(11-15)17(22-9-2-3-10-22)13-21-19(23)18-8-7-16(12-20)25-18/h4-6,11,16-18H,2-3,7-10,12-13,20H2,1H3,(H,21,23)/t16-,17?,18+/m1/s1. The summed E-state index contributed by atoms with van der Waals surface area (Å²) in [7, 11) is 1.68. The number of carbonyl (C=O) groups excluding carboxylic acids is 1. The number of likely N-dealkylation sites (tertiary alicyclic amines) is 1. The van der Waals surface area contributed by atoms with Crippen LogP contribution in [0, 0.1) is 0 Å². The van der Waals surface area contributed by atoms with Crippen LogP contribution in [0.4, 0.5) is 0 Å². The normalized spacial score (nSPS) is 25.0. The first kappa shape index (κ1) is 18.2. The van der Waals surface area contributed by atoms with Gasteiger partial charge in [0.25, 0.3) is 0 Å². The molecule has 0 aromatic heterocycles. The Morgan fingerprint density at radius 2 is 2.20 bits per heavy atom. The number of ether oxygens (including phenoxy) is 2. The van der Waals surface area contributed by atoms with Crippen LogP contribution < -0.4 is 15.8 Å². The zero-order valence-corrected chi connectivity index (χ0v) is 14.9. The molecule has 1 aromatic rings. The number of nitrogens with zero attached hydrogens (tertiary/aromatic N) is 1. The Labute approximate surface area is 149 Å². The van der Waals surface area contributed by atoms with Gasteiger partial charge in [0, 0.05) is 13.1 Å². The Kier molecular flexibility index (Phi) is 6.29. The summed E-state index contributed by atoms with van der Waals surface area (Å²) in [6.45, 7) is 3.18. The molecule has 6 heteroatoms. The van der Waals surface area contributed by atoms with Crippen LogP contribution in [0.3, 0.4) is 0 Å². The molecule has 2 aliphatic heterocycles. The van der Waals surface area contributed by atoms with Crippen molar-refractivity contribution in [3.05, 3.63) is 29.8 Å². The van der Waals surface area contributed by atoms with Gasteiger partial charge in [-0.15, -0.1) is 0 Å². The summed E-state index contributed by atoms with van der Waals surface area (Å²) >= 11 is 0. The summed E-state index contributed by atoms with van der Waals surface area (Å²) in [6.07, 6.45) is 3.68. The van der Waals surface area contributed by atoms with E-state index in [-0.39, 0.29) is 24.2 Å². The quantitative estimate of drug-likeness (QED) is 0.781. The minimum Gasteiger partial charge on any atom is -0.497 e. The molecule has 3 rings (SSSR count). The third-order valence-electron chi connectivity index (χ3n) is 5.19. The lowest BCUT2D eigenvalue weighted by molar-refractivity contribution is -0.132. The first-order chi connectivity index (χ1) is 12.2. The van der Waals surface area contributed by atoms with Crippen molar-refractivity contribution in [1.29, 1.82) is 0 Å². The molecule has 1 aromatic carbocycles. The second-order valence-corrected chi connectivity index (χ2v) is 6.84. The average Bonchev–Trinajstić information content (AvgIpc) is 3.34. The molecule has 2 aliphatic rings. The lowest BCUT2D eigenvalue weighted by Crippen LogP contribution is -2.41. The molecule has 2 saturated heterocycles. The first-order valence-corrected chi connectivity index (χ1v) is 9.22. The molecule has 1 unspecified atom stereocenters. The van der Waals surface area contributed by atoms with Crippen molar-refractivity contribution >= 4 is 5.91 Å². The van der Waals surface area contributed by atoms with Crippen LogP contribution in [0.15, 0.2) is 24.3 Å². The number of amides is 1. The van der Waals surface area contributed by atoms with E-state index in [1.807, 2.05) is 12.1 Å². The van der Waals surface area contributed by atoms with Crippen molar-refractivity contribution in [1.82, 2.24) is 10.2 Å². The highest BCUT2D eigenvalue weighted by atomic mass is 16.5. The summed E-state index contributed by atoms with van der Waals surface area (Å²) in [5.74, 6) is 0.820. The van der Waals surface area contributed by atoms with Crippen LogP contribution in [-0.4, -0.2) is 56.3 Å². The molecule has 0 spiro atoms. The van der Waals surface area contributed by atoms with Gasteiger partial charge < -0.3 is 20.5 Å². The molecule has 0 saturated carbocycles. The monoisotopic (exact) mass is 347 g/mol. The second-order valence-electron chi connectivity index (χ2n) is 6.84. The van der Waals surface area contributed by atoms with E-state index in [4.69, 9.17) is 15.2 Å². The summed E-state index contributed by atoms with van der Waals surface area (Å²) in [5.41, 5.74) is 6.80. The van der Waals surface area contributed by atoms with E-state index in [1.165, 1.54) is 18.4 Å². The van der Waals surface area contributed by atoms with Gasteiger partial charge in [0.15, 0.2) is 0 Å². The molecule has 2 fully saturated rings. The molecule has 0 aliphatic carbocycles. The van der Waals surface area contributed by atoms with Crippen LogP contribution in [0.5, 0.6) is 5.75 Å². The molecule has 6 nitrogen and oxygen atoms in total. The molecular weight excluding hydrogens is 318 g/mol. The van der Waals surface area contributed by atoms with Gasteiger partial charge in [-0.1, -0.05) is 12.1 Å². The zero-order chi connectivity index (χ0) is 17.6. The van der Waals surface area contributed by atoms with Gasteiger partial charge in [-0.3, -0.25) is 9.69 Å². The topological polar surface area (TPSA) is 76.8 Å². The molecule has 0 radical (unpaired) electrons. The highest BCUT2D eigenvalue weighted by Crippen LogP contribution is 2.27. The number of benzene rings is 1. The number of carbonyl (C=O) groups is 1. The third-order valence-corrected chi connectivity index (χ3v) is 5.19. The van der Waals surface area contributed by atoms with Crippen molar-refractivity contribution < 1.29 is 14.3 Å². The fourth-order valence-electron chi connectivity index (χ4n) is 3.74. The van der Waals surface area contributed by atoms with E-state index in [1.54, 1.807) is 7.11 Å². The molecule has 0 bridgehead atoms. The number of hydrogen-bond donors (Lipinski definition) is 2. The summed E-state index contributed by atoms with van der Waals surface area (Å²) < 4.78 is 11.1. The predicted octanol–water partition coefficient (Wildman–Crippen LogP) is 1.45. The van der Waals surface area contributed by atoms with E-state index in [9.17, 15) is 4.79 Å².